The summed E-state index contributed by atoms with van der Waals surface area (Å²) in [5.41, 5.74) is 0.880. The number of rotatable bonds is 3. The largest absolute Gasteiger partial charge is 0.340 e. The third-order valence-corrected chi connectivity index (χ3v) is 2.67. The van der Waals surface area contributed by atoms with E-state index < -0.39 is 5.92 Å². The first-order valence-electron chi connectivity index (χ1n) is 4.94. The van der Waals surface area contributed by atoms with Crippen LogP contribution < -0.4 is 0 Å². The molecular weight excluding hydrogens is 224 g/mol. The van der Waals surface area contributed by atoms with E-state index in [9.17, 15) is 4.79 Å². The van der Waals surface area contributed by atoms with Crippen LogP contribution in [0.4, 0.5) is 0 Å². The van der Waals surface area contributed by atoms with E-state index in [1.807, 2.05) is 24.3 Å². The number of benzene rings is 1. The van der Waals surface area contributed by atoms with Crippen LogP contribution in [0.25, 0.3) is 0 Å². The van der Waals surface area contributed by atoms with Gasteiger partial charge in [0.2, 0.25) is 5.91 Å². The Morgan fingerprint density at radius 1 is 1.56 bits per heavy atom. The molecule has 0 saturated heterocycles. The van der Waals surface area contributed by atoms with Gasteiger partial charge in [-0.05, 0) is 18.6 Å². The van der Waals surface area contributed by atoms with Gasteiger partial charge in [0, 0.05) is 18.6 Å². The third kappa shape index (κ3) is 2.98. The van der Waals surface area contributed by atoms with E-state index in [2.05, 4.69) is 0 Å². The van der Waals surface area contributed by atoms with Crippen molar-refractivity contribution in [3.8, 4) is 6.07 Å². The van der Waals surface area contributed by atoms with E-state index in [-0.39, 0.29) is 5.91 Å². The molecule has 0 bridgehead atoms. The highest BCUT2D eigenvalue weighted by Crippen LogP contribution is 2.17. The minimum atomic E-state index is -0.618. The van der Waals surface area contributed by atoms with Crippen LogP contribution in [-0.4, -0.2) is 17.9 Å². The first-order chi connectivity index (χ1) is 7.56. The van der Waals surface area contributed by atoms with E-state index in [4.69, 9.17) is 16.9 Å². The smallest absolute Gasteiger partial charge is 0.239 e. The molecule has 0 aliphatic carbocycles. The van der Waals surface area contributed by atoms with Gasteiger partial charge >= 0.3 is 0 Å². The second-order valence-electron chi connectivity index (χ2n) is 3.64. The molecule has 0 fully saturated rings. The highest BCUT2D eigenvalue weighted by atomic mass is 35.5. The molecule has 0 N–H and O–H groups in total. The van der Waals surface area contributed by atoms with E-state index in [1.54, 1.807) is 20.0 Å². The quantitative estimate of drug-likeness (QED) is 0.809. The van der Waals surface area contributed by atoms with Crippen molar-refractivity contribution in [2.45, 2.75) is 13.5 Å². The maximum atomic E-state index is 11.7. The van der Waals surface area contributed by atoms with Gasteiger partial charge in [-0.15, -0.1) is 0 Å². The lowest BCUT2D eigenvalue weighted by Crippen LogP contribution is -2.30. The average molecular weight is 237 g/mol. The Morgan fingerprint density at radius 3 is 2.75 bits per heavy atom. The predicted octanol–water partition coefficient (Wildman–Crippen LogP) is 2.46. The Hall–Kier alpha value is -1.53. The lowest BCUT2D eigenvalue weighted by molar-refractivity contribution is -0.132. The molecule has 3 nitrogen and oxygen atoms in total. The first kappa shape index (κ1) is 12.5. The van der Waals surface area contributed by atoms with Crippen LogP contribution in [0.5, 0.6) is 0 Å². The molecule has 0 aliphatic heterocycles. The summed E-state index contributed by atoms with van der Waals surface area (Å²) in [6.07, 6.45) is 0. The topological polar surface area (TPSA) is 44.1 Å². The molecule has 84 valence electrons. The Bertz CT molecular complexity index is 425. The van der Waals surface area contributed by atoms with Gasteiger partial charge in [-0.1, -0.05) is 29.8 Å². The number of hydrogen-bond acceptors (Lipinski definition) is 2. The second-order valence-corrected chi connectivity index (χ2v) is 4.04. The van der Waals surface area contributed by atoms with Crippen LogP contribution in [0.2, 0.25) is 5.02 Å². The van der Waals surface area contributed by atoms with Crippen LogP contribution in [0.1, 0.15) is 12.5 Å². The molecular formula is C12H13ClN2O. The van der Waals surface area contributed by atoms with E-state index >= 15 is 0 Å². The van der Waals surface area contributed by atoms with Crippen molar-refractivity contribution in [2.75, 3.05) is 7.05 Å². The van der Waals surface area contributed by atoms with E-state index in [0.717, 1.165) is 5.56 Å². The van der Waals surface area contributed by atoms with Crippen molar-refractivity contribution in [2.24, 2.45) is 5.92 Å². The molecule has 1 aromatic rings. The normalized spacial score (nSPS) is 11.6. The highest BCUT2D eigenvalue weighted by molar-refractivity contribution is 6.31. The van der Waals surface area contributed by atoms with E-state index in [0.29, 0.717) is 11.6 Å². The number of halogens is 1. The fourth-order valence-electron chi connectivity index (χ4n) is 1.35. The minimum Gasteiger partial charge on any atom is -0.340 e. The Morgan fingerprint density at radius 2 is 2.19 bits per heavy atom. The van der Waals surface area contributed by atoms with Crippen molar-refractivity contribution < 1.29 is 4.79 Å². The molecule has 1 atom stereocenters. The van der Waals surface area contributed by atoms with Gasteiger partial charge in [-0.2, -0.15) is 5.26 Å². The summed E-state index contributed by atoms with van der Waals surface area (Å²) in [6, 6.07) is 9.27. The van der Waals surface area contributed by atoms with Crippen molar-refractivity contribution in [1.82, 2.24) is 4.90 Å². The monoisotopic (exact) mass is 236 g/mol. The zero-order valence-corrected chi connectivity index (χ0v) is 10.0. The highest BCUT2D eigenvalue weighted by Gasteiger charge is 2.17. The fraction of sp³-hybridized carbons (Fsp3) is 0.333. The lowest BCUT2D eigenvalue weighted by Gasteiger charge is -2.18. The summed E-state index contributed by atoms with van der Waals surface area (Å²) in [5.74, 6) is -0.810. The van der Waals surface area contributed by atoms with Crippen LogP contribution in [0, 0.1) is 17.2 Å². The maximum Gasteiger partial charge on any atom is 0.239 e. The van der Waals surface area contributed by atoms with Crippen LogP contribution in [0.3, 0.4) is 0 Å². The van der Waals surface area contributed by atoms with E-state index in [1.165, 1.54) is 4.90 Å². The predicted molar refractivity (Wildman–Crippen MR) is 62.7 cm³/mol. The fourth-order valence-corrected chi connectivity index (χ4v) is 1.54. The van der Waals surface area contributed by atoms with Gasteiger partial charge < -0.3 is 4.90 Å². The molecule has 16 heavy (non-hydrogen) atoms. The number of nitriles is 1. The van der Waals surface area contributed by atoms with Crippen molar-refractivity contribution in [1.29, 1.82) is 5.26 Å². The summed E-state index contributed by atoms with van der Waals surface area (Å²) in [4.78, 5) is 13.2. The van der Waals surface area contributed by atoms with Crippen molar-refractivity contribution in [3.05, 3.63) is 34.9 Å². The van der Waals surface area contributed by atoms with Gasteiger partial charge in [-0.25, -0.2) is 0 Å². The minimum absolute atomic E-state index is 0.192. The summed E-state index contributed by atoms with van der Waals surface area (Å²) < 4.78 is 0. The molecule has 0 aromatic heterocycles. The zero-order valence-electron chi connectivity index (χ0n) is 9.27. The molecule has 1 unspecified atom stereocenters. The summed E-state index contributed by atoms with van der Waals surface area (Å²) in [7, 11) is 1.67. The van der Waals surface area contributed by atoms with Crippen LogP contribution in [0.15, 0.2) is 24.3 Å². The molecule has 0 saturated carbocycles. The Kier molecular flexibility index (Phi) is 4.33. The lowest BCUT2D eigenvalue weighted by atomic mass is 10.1. The maximum absolute atomic E-state index is 11.7. The molecule has 0 radical (unpaired) electrons. The molecule has 0 heterocycles. The molecule has 0 aliphatic rings. The molecule has 1 rings (SSSR count). The SMILES string of the molecule is CC(C#N)C(=O)N(C)Cc1ccccc1Cl. The Labute approximate surface area is 100 Å². The number of nitrogens with zero attached hydrogens (tertiary/aromatic N) is 2. The number of amides is 1. The standard InChI is InChI=1S/C12H13ClN2O/c1-9(7-14)12(16)15(2)8-10-5-3-4-6-11(10)13/h3-6,9H,8H2,1-2H3. The van der Waals surface area contributed by atoms with Crippen LogP contribution >= 0.6 is 11.6 Å². The Balaban J connectivity index is 2.73. The summed E-state index contributed by atoms with van der Waals surface area (Å²) in [5, 5.41) is 9.28. The average Bonchev–Trinajstić information content (AvgIpc) is 2.30. The van der Waals surface area contributed by atoms with Gasteiger partial charge in [0.05, 0.1) is 6.07 Å². The first-order valence-corrected chi connectivity index (χ1v) is 5.32. The van der Waals surface area contributed by atoms with Gasteiger partial charge in [0.15, 0.2) is 0 Å². The van der Waals surface area contributed by atoms with Gasteiger partial charge in [-0.3, -0.25) is 4.79 Å². The molecule has 1 aromatic carbocycles. The third-order valence-electron chi connectivity index (χ3n) is 2.31. The molecule has 4 heteroatoms. The summed E-state index contributed by atoms with van der Waals surface area (Å²) >= 11 is 5.98. The van der Waals surface area contributed by atoms with Crippen molar-refractivity contribution in [3.63, 3.8) is 0 Å². The molecule has 0 spiro atoms. The van der Waals surface area contributed by atoms with Crippen molar-refractivity contribution >= 4 is 17.5 Å². The summed E-state index contributed by atoms with van der Waals surface area (Å²) in [6.45, 7) is 2.01. The number of carbonyl (C=O) groups excluding carboxylic acids is 1. The second kappa shape index (κ2) is 5.53. The molecule has 1 amide bonds. The van der Waals surface area contributed by atoms with Gasteiger partial charge in [0.25, 0.3) is 0 Å². The number of carbonyl (C=O) groups is 1. The van der Waals surface area contributed by atoms with Crippen LogP contribution in [-0.2, 0) is 11.3 Å². The number of hydrogen-bond donors (Lipinski definition) is 0. The van der Waals surface area contributed by atoms with Gasteiger partial charge in [0.1, 0.15) is 5.92 Å². The zero-order chi connectivity index (χ0) is 12.1.